The Hall–Kier alpha value is -0.540. The molecule has 1 atom stereocenters. The van der Waals surface area contributed by atoms with Crippen LogP contribution in [-0.2, 0) is 9.47 Å². The van der Waals surface area contributed by atoms with Gasteiger partial charge >= 0.3 is 0 Å². The molecule has 17 heavy (non-hydrogen) atoms. The van der Waals surface area contributed by atoms with Crippen molar-refractivity contribution in [3.05, 3.63) is 12.8 Å². The Labute approximate surface area is 106 Å². The number of aliphatic hydroxyl groups excluding tert-OH is 1. The summed E-state index contributed by atoms with van der Waals surface area (Å²) in [4.78, 5) is 0. The van der Waals surface area contributed by atoms with Gasteiger partial charge in [0.1, 0.15) is 0 Å². The lowest BCUT2D eigenvalue weighted by atomic mass is 9.97. The molecule has 1 unspecified atom stereocenters. The van der Waals surface area contributed by atoms with Gasteiger partial charge in [-0.3, -0.25) is 0 Å². The Bertz CT molecular complexity index is 160. The van der Waals surface area contributed by atoms with E-state index in [2.05, 4.69) is 13.5 Å². The summed E-state index contributed by atoms with van der Waals surface area (Å²) in [5.41, 5.74) is 0. The Balaban J connectivity index is 3.21. The van der Waals surface area contributed by atoms with Gasteiger partial charge in [-0.1, -0.05) is 19.9 Å². The molecule has 0 saturated heterocycles. The van der Waals surface area contributed by atoms with Crippen molar-refractivity contribution in [1.82, 2.24) is 0 Å². The van der Waals surface area contributed by atoms with E-state index in [-0.39, 0.29) is 0 Å². The van der Waals surface area contributed by atoms with E-state index < -0.39 is 0 Å². The van der Waals surface area contributed by atoms with Crippen molar-refractivity contribution in [3.63, 3.8) is 0 Å². The van der Waals surface area contributed by atoms with Gasteiger partial charge in [0.15, 0.2) is 0 Å². The molecule has 3 heteroatoms. The average molecular weight is 244 g/mol. The van der Waals surface area contributed by atoms with Gasteiger partial charge in [-0.05, 0) is 38.0 Å². The Morgan fingerprint density at radius 2 is 1.88 bits per heavy atom. The number of aliphatic hydroxyl groups is 1. The SMILES string of the molecule is C=COCCCCOCCC(CC)CCCO. The molecule has 0 amide bonds. The fourth-order valence-corrected chi connectivity index (χ4v) is 1.76. The zero-order valence-electron chi connectivity index (χ0n) is 11.2. The van der Waals surface area contributed by atoms with Crippen LogP contribution in [0.3, 0.4) is 0 Å². The molecule has 0 aliphatic carbocycles. The molecule has 0 rings (SSSR count). The minimum Gasteiger partial charge on any atom is -0.502 e. The molecule has 3 nitrogen and oxygen atoms in total. The largest absolute Gasteiger partial charge is 0.502 e. The van der Waals surface area contributed by atoms with Gasteiger partial charge in [-0.2, -0.15) is 0 Å². The summed E-state index contributed by atoms with van der Waals surface area (Å²) >= 11 is 0. The zero-order chi connectivity index (χ0) is 12.8. The van der Waals surface area contributed by atoms with Crippen molar-refractivity contribution in [2.45, 2.75) is 45.4 Å². The van der Waals surface area contributed by atoms with Gasteiger partial charge in [0.2, 0.25) is 0 Å². The fraction of sp³-hybridized carbons (Fsp3) is 0.857. The highest BCUT2D eigenvalue weighted by atomic mass is 16.5. The molecular formula is C14H28O3. The van der Waals surface area contributed by atoms with Crippen LogP contribution in [0.1, 0.15) is 45.4 Å². The van der Waals surface area contributed by atoms with Crippen LogP contribution in [0.25, 0.3) is 0 Å². The van der Waals surface area contributed by atoms with Crippen molar-refractivity contribution in [3.8, 4) is 0 Å². The van der Waals surface area contributed by atoms with Crippen molar-refractivity contribution in [2.24, 2.45) is 5.92 Å². The zero-order valence-corrected chi connectivity index (χ0v) is 11.2. The highest BCUT2D eigenvalue weighted by Crippen LogP contribution is 2.15. The molecule has 1 N–H and O–H groups in total. The van der Waals surface area contributed by atoms with E-state index in [9.17, 15) is 0 Å². The van der Waals surface area contributed by atoms with E-state index in [0.717, 1.165) is 51.9 Å². The van der Waals surface area contributed by atoms with Crippen LogP contribution in [0, 0.1) is 5.92 Å². The van der Waals surface area contributed by atoms with E-state index in [4.69, 9.17) is 14.6 Å². The normalized spacial score (nSPS) is 12.4. The first-order valence-electron chi connectivity index (χ1n) is 6.76. The van der Waals surface area contributed by atoms with E-state index in [0.29, 0.717) is 12.5 Å². The monoisotopic (exact) mass is 244 g/mol. The second-order valence-electron chi connectivity index (χ2n) is 4.29. The maximum Gasteiger partial charge on any atom is 0.0873 e. The Morgan fingerprint density at radius 3 is 2.53 bits per heavy atom. The smallest absolute Gasteiger partial charge is 0.0873 e. The molecule has 0 heterocycles. The lowest BCUT2D eigenvalue weighted by Crippen LogP contribution is -2.06. The second-order valence-corrected chi connectivity index (χ2v) is 4.29. The third kappa shape index (κ3) is 11.7. The predicted molar refractivity (Wildman–Crippen MR) is 70.9 cm³/mol. The first kappa shape index (κ1) is 16.5. The fourth-order valence-electron chi connectivity index (χ4n) is 1.76. The van der Waals surface area contributed by atoms with Gasteiger partial charge in [-0.15, -0.1) is 0 Å². The third-order valence-corrected chi connectivity index (χ3v) is 2.94. The minimum absolute atomic E-state index is 0.306. The summed E-state index contributed by atoms with van der Waals surface area (Å²) < 4.78 is 10.6. The van der Waals surface area contributed by atoms with Crippen LogP contribution in [0.15, 0.2) is 12.8 Å². The van der Waals surface area contributed by atoms with Gasteiger partial charge in [0, 0.05) is 19.8 Å². The van der Waals surface area contributed by atoms with Crippen molar-refractivity contribution in [2.75, 3.05) is 26.4 Å². The number of rotatable bonds is 13. The number of ether oxygens (including phenoxy) is 2. The number of hydrogen-bond donors (Lipinski definition) is 1. The molecule has 0 aromatic rings. The van der Waals surface area contributed by atoms with Gasteiger partial charge in [-0.25, -0.2) is 0 Å². The highest BCUT2D eigenvalue weighted by molar-refractivity contribution is 4.57. The van der Waals surface area contributed by atoms with E-state index in [1.165, 1.54) is 12.7 Å². The Morgan fingerprint density at radius 1 is 1.12 bits per heavy atom. The lowest BCUT2D eigenvalue weighted by Gasteiger charge is -2.14. The maximum absolute atomic E-state index is 8.77. The van der Waals surface area contributed by atoms with Gasteiger partial charge in [0.25, 0.3) is 0 Å². The van der Waals surface area contributed by atoms with Crippen molar-refractivity contribution >= 4 is 0 Å². The Kier molecular flexibility index (Phi) is 13.1. The summed E-state index contributed by atoms with van der Waals surface area (Å²) in [6.07, 6.45) is 7.86. The summed E-state index contributed by atoms with van der Waals surface area (Å²) in [7, 11) is 0. The second kappa shape index (κ2) is 13.5. The van der Waals surface area contributed by atoms with E-state index in [1.807, 2.05) is 0 Å². The predicted octanol–water partition coefficient (Wildman–Crippen LogP) is 3.13. The summed E-state index contributed by atoms with van der Waals surface area (Å²) in [6.45, 7) is 8.39. The maximum atomic E-state index is 8.77. The molecular weight excluding hydrogens is 216 g/mol. The standard InChI is InChI=1S/C14H28O3/c1-3-14(8-7-10-15)9-13-17-12-6-5-11-16-4-2/h4,14-15H,2-3,5-13H2,1H3. The lowest BCUT2D eigenvalue weighted by molar-refractivity contribution is 0.108. The molecule has 0 spiro atoms. The topological polar surface area (TPSA) is 38.7 Å². The van der Waals surface area contributed by atoms with Crippen LogP contribution in [0.4, 0.5) is 0 Å². The first-order valence-corrected chi connectivity index (χ1v) is 6.76. The van der Waals surface area contributed by atoms with Crippen LogP contribution in [0.2, 0.25) is 0 Å². The summed E-state index contributed by atoms with van der Waals surface area (Å²) in [6, 6.07) is 0. The molecule has 0 aromatic carbocycles. The summed E-state index contributed by atoms with van der Waals surface area (Å²) in [5, 5.41) is 8.77. The van der Waals surface area contributed by atoms with E-state index >= 15 is 0 Å². The first-order chi connectivity index (χ1) is 8.35. The molecule has 0 bridgehead atoms. The minimum atomic E-state index is 0.306. The average Bonchev–Trinajstić information content (AvgIpc) is 2.36. The molecule has 102 valence electrons. The van der Waals surface area contributed by atoms with Crippen LogP contribution in [-0.4, -0.2) is 31.5 Å². The molecule has 0 saturated carbocycles. The third-order valence-electron chi connectivity index (χ3n) is 2.94. The van der Waals surface area contributed by atoms with Gasteiger partial charge in [0.05, 0.1) is 12.9 Å². The molecule has 0 fully saturated rings. The molecule has 0 aromatic heterocycles. The number of hydrogen-bond acceptors (Lipinski definition) is 3. The quantitative estimate of drug-likeness (QED) is 0.399. The molecule has 0 radical (unpaired) electrons. The van der Waals surface area contributed by atoms with Gasteiger partial charge < -0.3 is 14.6 Å². The van der Waals surface area contributed by atoms with E-state index in [1.54, 1.807) is 0 Å². The van der Waals surface area contributed by atoms with Crippen LogP contribution in [0.5, 0.6) is 0 Å². The molecule has 0 aliphatic heterocycles. The van der Waals surface area contributed by atoms with Crippen LogP contribution < -0.4 is 0 Å². The number of unbranched alkanes of at least 4 members (excludes halogenated alkanes) is 1. The van der Waals surface area contributed by atoms with Crippen LogP contribution >= 0.6 is 0 Å². The van der Waals surface area contributed by atoms with Crippen molar-refractivity contribution < 1.29 is 14.6 Å². The van der Waals surface area contributed by atoms with Crippen molar-refractivity contribution in [1.29, 1.82) is 0 Å². The summed E-state index contributed by atoms with van der Waals surface area (Å²) in [5.74, 6) is 0.700. The molecule has 0 aliphatic rings. The highest BCUT2D eigenvalue weighted by Gasteiger charge is 2.05.